The summed E-state index contributed by atoms with van der Waals surface area (Å²) < 4.78 is 1.03. The van der Waals surface area contributed by atoms with Crippen LogP contribution in [-0.2, 0) is 4.79 Å². The Kier molecular flexibility index (Phi) is 4.04. The molecule has 0 heterocycles. The molecule has 1 aromatic rings. The quantitative estimate of drug-likeness (QED) is 0.752. The van der Waals surface area contributed by atoms with Crippen LogP contribution in [0.1, 0.15) is 37.2 Å². The molecule has 0 bridgehead atoms. The average Bonchev–Trinajstić information content (AvgIpc) is 2.74. The summed E-state index contributed by atoms with van der Waals surface area (Å²) in [5, 5.41) is -0.214. The zero-order valence-corrected chi connectivity index (χ0v) is 11.3. The maximum atomic E-state index is 11.6. The molecule has 0 radical (unpaired) electrons. The van der Waals surface area contributed by atoms with Gasteiger partial charge in [-0.15, -0.1) is 0 Å². The van der Waals surface area contributed by atoms with Crippen LogP contribution in [0.4, 0.5) is 0 Å². The fraction of sp³-hybridized carbons (Fsp3) is 0.462. The monoisotopic (exact) mass is 300 g/mol. The van der Waals surface area contributed by atoms with E-state index in [4.69, 9.17) is 11.6 Å². The fourth-order valence-corrected chi connectivity index (χ4v) is 3.12. The Morgan fingerprint density at radius 1 is 1.25 bits per heavy atom. The smallest absolute Gasteiger partial charge is 0.229 e. The third-order valence-electron chi connectivity index (χ3n) is 3.34. The summed E-state index contributed by atoms with van der Waals surface area (Å²) in [5.74, 6) is 0.323. The van der Waals surface area contributed by atoms with E-state index in [-0.39, 0.29) is 11.2 Å². The molecule has 3 heteroatoms. The van der Waals surface area contributed by atoms with Gasteiger partial charge in [-0.05, 0) is 48.1 Å². The van der Waals surface area contributed by atoms with Crippen LogP contribution in [0, 0.1) is 5.92 Å². The first-order chi connectivity index (χ1) is 7.68. The molecule has 1 nitrogen and oxygen atoms in total. The van der Waals surface area contributed by atoms with E-state index in [9.17, 15) is 4.79 Å². The van der Waals surface area contributed by atoms with Gasteiger partial charge in [0.1, 0.15) is 0 Å². The van der Waals surface area contributed by atoms with Crippen LogP contribution < -0.4 is 0 Å². The normalized spacial score (nSPS) is 18.6. The van der Waals surface area contributed by atoms with Gasteiger partial charge >= 0.3 is 0 Å². The van der Waals surface area contributed by atoms with Gasteiger partial charge in [-0.3, -0.25) is 4.79 Å². The predicted octanol–water partition coefficient (Wildman–Crippen LogP) is 4.49. The standard InChI is InChI=1S/C13H14BrClO/c14-11-7-5-10(6-8-11)12(13(15)16)9-3-1-2-4-9/h5-9,12H,1-4H2. The maximum Gasteiger partial charge on any atom is 0.229 e. The van der Waals surface area contributed by atoms with Gasteiger partial charge < -0.3 is 0 Å². The highest BCUT2D eigenvalue weighted by Gasteiger charge is 2.30. The molecule has 0 amide bonds. The van der Waals surface area contributed by atoms with Crippen molar-refractivity contribution in [3.05, 3.63) is 34.3 Å². The fourth-order valence-electron chi connectivity index (χ4n) is 2.55. The first-order valence-electron chi connectivity index (χ1n) is 5.63. The van der Waals surface area contributed by atoms with E-state index in [1.165, 1.54) is 12.8 Å². The highest BCUT2D eigenvalue weighted by Crippen LogP contribution is 2.38. The second-order valence-electron chi connectivity index (χ2n) is 4.38. The molecule has 0 N–H and O–H groups in total. The largest absolute Gasteiger partial charge is 0.281 e. The van der Waals surface area contributed by atoms with E-state index in [1.54, 1.807) is 0 Å². The molecular formula is C13H14BrClO. The van der Waals surface area contributed by atoms with Crippen molar-refractivity contribution in [2.75, 3.05) is 0 Å². The van der Waals surface area contributed by atoms with E-state index in [2.05, 4.69) is 15.9 Å². The number of halogens is 2. The van der Waals surface area contributed by atoms with Gasteiger partial charge in [0.25, 0.3) is 0 Å². The topological polar surface area (TPSA) is 17.1 Å². The van der Waals surface area contributed by atoms with Crippen LogP contribution in [0.25, 0.3) is 0 Å². The van der Waals surface area contributed by atoms with E-state index >= 15 is 0 Å². The minimum atomic E-state index is -0.214. The Bertz CT molecular complexity index is 368. The highest BCUT2D eigenvalue weighted by atomic mass is 79.9. The van der Waals surface area contributed by atoms with Gasteiger partial charge in [0.2, 0.25) is 5.24 Å². The molecule has 1 fully saturated rings. The number of carbonyl (C=O) groups is 1. The van der Waals surface area contributed by atoms with Crippen molar-refractivity contribution in [3.8, 4) is 0 Å². The van der Waals surface area contributed by atoms with Gasteiger partial charge in [-0.25, -0.2) is 0 Å². The lowest BCUT2D eigenvalue weighted by Gasteiger charge is -2.19. The molecule has 0 spiro atoms. The molecule has 0 aliphatic heterocycles. The number of rotatable bonds is 3. The molecule has 1 aliphatic rings. The first kappa shape index (κ1) is 12.1. The van der Waals surface area contributed by atoms with Crippen molar-refractivity contribution in [3.63, 3.8) is 0 Å². The summed E-state index contributed by atoms with van der Waals surface area (Å²) in [6, 6.07) is 7.93. The minimum absolute atomic E-state index is 0.114. The zero-order chi connectivity index (χ0) is 11.5. The summed E-state index contributed by atoms with van der Waals surface area (Å²) in [4.78, 5) is 11.6. The van der Waals surface area contributed by atoms with Crippen molar-refractivity contribution in [2.24, 2.45) is 5.92 Å². The number of benzene rings is 1. The highest BCUT2D eigenvalue weighted by molar-refractivity contribution is 9.10. The van der Waals surface area contributed by atoms with E-state index in [0.717, 1.165) is 22.9 Å². The van der Waals surface area contributed by atoms with Crippen LogP contribution in [0.3, 0.4) is 0 Å². The zero-order valence-electron chi connectivity index (χ0n) is 8.96. The molecule has 1 unspecified atom stereocenters. The summed E-state index contributed by atoms with van der Waals surface area (Å²) in [5.41, 5.74) is 1.05. The first-order valence-corrected chi connectivity index (χ1v) is 6.80. The molecule has 2 rings (SSSR count). The summed E-state index contributed by atoms with van der Waals surface area (Å²) >= 11 is 9.14. The summed E-state index contributed by atoms with van der Waals surface area (Å²) in [6.45, 7) is 0. The van der Waals surface area contributed by atoms with E-state index < -0.39 is 0 Å². The lowest BCUT2D eigenvalue weighted by molar-refractivity contribution is -0.114. The third kappa shape index (κ3) is 2.67. The molecule has 0 saturated heterocycles. The molecule has 1 atom stereocenters. The molecule has 86 valence electrons. The van der Waals surface area contributed by atoms with Crippen molar-refractivity contribution in [1.82, 2.24) is 0 Å². The maximum absolute atomic E-state index is 11.6. The Labute approximate surface area is 109 Å². The average molecular weight is 302 g/mol. The van der Waals surface area contributed by atoms with Gasteiger partial charge in [0, 0.05) is 4.47 Å². The van der Waals surface area contributed by atoms with Gasteiger partial charge in [-0.1, -0.05) is 40.9 Å². The van der Waals surface area contributed by atoms with Crippen molar-refractivity contribution in [2.45, 2.75) is 31.6 Å². The molecular weight excluding hydrogens is 287 g/mol. The molecule has 1 aliphatic carbocycles. The molecule has 1 saturated carbocycles. The van der Waals surface area contributed by atoms with Crippen LogP contribution >= 0.6 is 27.5 Å². The predicted molar refractivity (Wildman–Crippen MR) is 69.7 cm³/mol. The van der Waals surface area contributed by atoms with Crippen LogP contribution in [-0.4, -0.2) is 5.24 Å². The van der Waals surface area contributed by atoms with E-state index in [1.807, 2.05) is 24.3 Å². The lowest BCUT2D eigenvalue weighted by Crippen LogP contribution is -2.16. The Balaban J connectivity index is 2.24. The Morgan fingerprint density at radius 2 is 1.81 bits per heavy atom. The second-order valence-corrected chi connectivity index (χ2v) is 5.67. The Hall–Kier alpha value is -0.340. The van der Waals surface area contributed by atoms with Gasteiger partial charge in [0.15, 0.2) is 0 Å². The van der Waals surface area contributed by atoms with Crippen LogP contribution in [0.15, 0.2) is 28.7 Å². The third-order valence-corrected chi connectivity index (χ3v) is 4.11. The SMILES string of the molecule is O=C(Cl)C(c1ccc(Br)cc1)C1CCCC1. The van der Waals surface area contributed by atoms with Crippen molar-refractivity contribution in [1.29, 1.82) is 0 Å². The van der Waals surface area contributed by atoms with Crippen molar-refractivity contribution >= 4 is 32.8 Å². The number of carbonyl (C=O) groups excluding carboxylic acids is 1. The minimum Gasteiger partial charge on any atom is -0.281 e. The Morgan fingerprint density at radius 3 is 2.31 bits per heavy atom. The number of hydrogen-bond donors (Lipinski definition) is 0. The molecule has 0 aromatic heterocycles. The van der Waals surface area contributed by atoms with Crippen LogP contribution in [0.2, 0.25) is 0 Å². The number of hydrogen-bond acceptors (Lipinski definition) is 1. The summed E-state index contributed by atoms with van der Waals surface area (Å²) in [6.07, 6.45) is 4.70. The second kappa shape index (κ2) is 5.33. The van der Waals surface area contributed by atoms with Crippen LogP contribution in [0.5, 0.6) is 0 Å². The van der Waals surface area contributed by atoms with Crippen molar-refractivity contribution < 1.29 is 4.79 Å². The van der Waals surface area contributed by atoms with Gasteiger partial charge in [0.05, 0.1) is 5.92 Å². The molecule has 1 aromatic carbocycles. The lowest BCUT2D eigenvalue weighted by atomic mass is 9.86. The summed E-state index contributed by atoms with van der Waals surface area (Å²) in [7, 11) is 0. The van der Waals surface area contributed by atoms with Gasteiger partial charge in [-0.2, -0.15) is 0 Å². The molecule has 16 heavy (non-hydrogen) atoms. The van der Waals surface area contributed by atoms with E-state index in [0.29, 0.717) is 5.92 Å².